The molecule has 2 aliphatic rings. The monoisotopic (exact) mass is 778 g/mol. The molecule has 0 atom stereocenters. The van der Waals surface area contributed by atoms with Crippen LogP contribution < -0.4 is 53.3 Å². The first-order valence-corrected chi connectivity index (χ1v) is 7.52. The van der Waals surface area contributed by atoms with Crippen molar-refractivity contribution in [3.8, 4) is 0 Å². The number of morpholine rings is 1. The summed E-state index contributed by atoms with van der Waals surface area (Å²) in [5.41, 5.74) is 0.272. The van der Waals surface area contributed by atoms with E-state index in [1.54, 1.807) is 0 Å². The zero-order chi connectivity index (χ0) is 16.7. The van der Waals surface area contributed by atoms with Crippen LogP contribution in [0.4, 0.5) is 13.2 Å². The van der Waals surface area contributed by atoms with Gasteiger partial charge in [0.25, 0.3) is 0 Å². The molecule has 1 N–H and O–H groups in total. The van der Waals surface area contributed by atoms with Gasteiger partial charge in [-0.2, -0.15) is 13.2 Å². The molecule has 0 amide bonds. The molecule has 0 unspecified atom stereocenters. The van der Waals surface area contributed by atoms with Crippen LogP contribution in [0.1, 0.15) is 11.1 Å². The molecule has 152 valence electrons. The molecule has 1 fully saturated rings. The summed E-state index contributed by atoms with van der Waals surface area (Å²) in [5, 5.41) is 3.16. The maximum atomic E-state index is 12.3. The number of hydrogen-bond donors (Lipinski definition) is 1. The van der Waals surface area contributed by atoms with Crippen molar-refractivity contribution in [2.45, 2.75) is 12.7 Å². The summed E-state index contributed by atoms with van der Waals surface area (Å²) in [6.07, 6.45) is -0.395. The Balaban J connectivity index is 0. The fourth-order valence-electron chi connectivity index (χ4n) is 2.24. The largest absolute Gasteiger partial charge is 2.00 e. The second-order valence-corrected chi connectivity index (χ2v) is 5.50. The smallest absolute Gasteiger partial charge is 1.00 e. The van der Waals surface area contributed by atoms with E-state index in [-0.39, 0.29) is 69.0 Å². The summed E-state index contributed by atoms with van der Waals surface area (Å²) >= 11 is 0. The molecule has 10 heteroatoms. The van der Waals surface area contributed by atoms with Gasteiger partial charge in [-0.15, -0.1) is 0 Å². The number of nitrogens with zero attached hydrogens (tertiary/aromatic N) is 2. The fourth-order valence-corrected chi connectivity index (χ4v) is 2.24. The molecule has 0 spiro atoms. The van der Waals surface area contributed by atoms with E-state index < -0.39 is 11.7 Å². The zero-order valence-corrected chi connectivity index (χ0v) is 20.8. The first-order chi connectivity index (χ1) is 10.9. The Labute approximate surface area is 201 Å². The van der Waals surface area contributed by atoms with Crippen molar-refractivity contribution < 1.29 is 86.9 Å². The zero-order valence-electron chi connectivity index (χ0n) is 14.2. The van der Waals surface area contributed by atoms with Gasteiger partial charge in [-0.05, 0) is 17.7 Å². The number of nitrogens with one attached hydrogen (secondary N) is 1. The van der Waals surface area contributed by atoms with E-state index in [1.165, 1.54) is 12.1 Å². The van der Waals surface area contributed by atoms with E-state index in [0.29, 0.717) is 6.54 Å². The standard InChI is InChI=1S/C12H13F3N2.C4H9NO.2HI.Pt/c1-16-6-7-17(9-16)8-10-2-4-11(5-3-10)12(13,14)15;1-3-6-4-2-5-1;;;/h2-7H,8-9H2,1H3;5H,1-4H2;2*1H;/q;;;;+2/p-2. The fraction of sp³-hybridized carbons (Fsp3) is 0.500. The molecular weight excluding hydrogens is 756 g/mol. The van der Waals surface area contributed by atoms with Crippen LogP contribution in [-0.2, 0) is 38.5 Å². The van der Waals surface area contributed by atoms with Crippen LogP contribution in [0.15, 0.2) is 36.7 Å². The van der Waals surface area contributed by atoms with Crippen molar-refractivity contribution in [3.05, 3.63) is 47.8 Å². The van der Waals surface area contributed by atoms with Gasteiger partial charge in [-0.25, -0.2) is 0 Å². The molecule has 1 aromatic carbocycles. The molecule has 0 bridgehead atoms. The summed E-state index contributed by atoms with van der Waals surface area (Å²) in [6.45, 7) is 5.22. The van der Waals surface area contributed by atoms with Crippen LogP contribution >= 0.6 is 0 Å². The average molecular weight is 778 g/mol. The Morgan fingerprint density at radius 3 is 1.96 bits per heavy atom. The van der Waals surface area contributed by atoms with E-state index in [0.717, 1.165) is 50.7 Å². The SMILES string of the molecule is C1COCCN1.CN1C=CN(Cc2ccc(C(F)(F)F)cc2)C1.[I-].[I-].[Pt+2]. The van der Waals surface area contributed by atoms with E-state index in [2.05, 4.69) is 5.32 Å². The first-order valence-electron chi connectivity index (χ1n) is 7.52. The maximum Gasteiger partial charge on any atom is 2.00 e. The number of benzene rings is 1. The molecule has 0 saturated carbocycles. The summed E-state index contributed by atoms with van der Waals surface area (Å²) in [4.78, 5) is 4.03. The third-order valence-electron chi connectivity index (χ3n) is 3.45. The number of ether oxygens (including phenoxy) is 1. The van der Waals surface area contributed by atoms with Gasteiger partial charge in [-0.1, -0.05) is 12.1 Å². The minimum absolute atomic E-state index is 0. The topological polar surface area (TPSA) is 27.7 Å². The predicted octanol–water partition coefficient (Wildman–Crippen LogP) is -3.51. The van der Waals surface area contributed by atoms with Crippen LogP contribution in [0.2, 0.25) is 0 Å². The van der Waals surface area contributed by atoms with E-state index in [9.17, 15) is 13.2 Å². The minimum Gasteiger partial charge on any atom is -1.00 e. The van der Waals surface area contributed by atoms with Crippen LogP contribution in [0.5, 0.6) is 0 Å². The molecule has 2 aliphatic heterocycles. The normalized spacial score (nSPS) is 15.8. The molecule has 3 rings (SSSR count). The Kier molecular flexibility index (Phi) is 15.9. The Bertz CT molecular complexity index is 503. The van der Waals surface area contributed by atoms with Crippen molar-refractivity contribution >= 4 is 0 Å². The van der Waals surface area contributed by atoms with Crippen LogP contribution in [0.25, 0.3) is 0 Å². The summed E-state index contributed by atoms with van der Waals surface area (Å²) < 4.78 is 42.0. The van der Waals surface area contributed by atoms with Crippen LogP contribution in [-0.4, -0.2) is 49.8 Å². The van der Waals surface area contributed by atoms with Gasteiger partial charge < -0.3 is 67.8 Å². The van der Waals surface area contributed by atoms with Gasteiger partial charge in [-0.3, -0.25) is 0 Å². The first kappa shape index (κ1) is 28.6. The Morgan fingerprint density at radius 1 is 1.04 bits per heavy atom. The molecule has 0 aliphatic carbocycles. The van der Waals surface area contributed by atoms with Gasteiger partial charge in [0.2, 0.25) is 0 Å². The molecule has 0 aromatic heterocycles. The minimum atomic E-state index is -4.26. The van der Waals surface area contributed by atoms with E-state index in [1.807, 2.05) is 29.2 Å². The Morgan fingerprint density at radius 2 is 1.62 bits per heavy atom. The molecule has 0 radical (unpaired) electrons. The maximum absolute atomic E-state index is 12.3. The Hall–Kier alpha value is 0.418. The van der Waals surface area contributed by atoms with Crippen molar-refractivity contribution in [1.82, 2.24) is 15.1 Å². The van der Waals surface area contributed by atoms with Crippen molar-refractivity contribution in [1.29, 1.82) is 0 Å². The third kappa shape index (κ3) is 10.7. The number of hydrogen-bond acceptors (Lipinski definition) is 4. The molecule has 1 aromatic rings. The van der Waals surface area contributed by atoms with Gasteiger partial charge in [0.15, 0.2) is 0 Å². The summed E-state index contributed by atoms with van der Waals surface area (Å²) in [7, 11) is 1.95. The summed E-state index contributed by atoms with van der Waals surface area (Å²) in [5.74, 6) is 0. The molecule has 2 heterocycles. The number of halogens is 5. The number of rotatable bonds is 2. The van der Waals surface area contributed by atoms with E-state index in [4.69, 9.17) is 4.74 Å². The van der Waals surface area contributed by atoms with Gasteiger partial charge >= 0.3 is 27.2 Å². The van der Waals surface area contributed by atoms with Gasteiger partial charge in [0.05, 0.1) is 25.4 Å². The molecule has 4 nitrogen and oxygen atoms in total. The second kappa shape index (κ2) is 14.4. The molecular formula is C16H22F3I2N3OPt. The van der Waals surface area contributed by atoms with Crippen molar-refractivity contribution in [2.24, 2.45) is 0 Å². The number of alkyl halides is 3. The quantitative estimate of drug-likeness (QED) is 0.316. The van der Waals surface area contributed by atoms with Gasteiger partial charge in [0.1, 0.15) is 0 Å². The molecule has 1 saturated heterocycles. The van der Waals surface area contributed by atoms with Crippen LogP contribution in [0.3, 0.4) is 0 Å². The molecule has 26 heavy (non-hydrogen) atoms. The van der Waals surface area contributed by atoms with Gasteiger partial charge in [0, 0.05) is 39.1 Å². The predicted molar refractivity (Wildman–Crippen MR) is 82.4 cm³/mol. The second-order valence-electron chi connectivity index (χ2n) is 5.50. The third-order valence-corrected chi connectivity index (χ3v) is 3.45. The van der Waals surface area contributed by atoms with E-state index >= 15 is 0 Å². The van der Waals surface area contributed by atoms with Crippen LogP contribution in [0, 0.1) is 0 Å². The average Bonchev–Trinajstić information content (AvgIpc) is 2.94. The van der Waals surface area contributed by atoms with Crippen molar-refractivity contribution in [3.63, 3.8) is 0 Å². The van der Waals surface area contributed by atoms with Crippen molar-refractivity contribution in [2.75, 3.05) is 40.0 Å². The summed E-state index contributed by atoms with van der Waals surface area (Å²) in [6, 6.07) is 5.29.